The normalized spacial score (nSPS) is 14.7. The molecule has 2 aromatic rings. The van der Waals surface area contributed by atoms with Crippen LogP contribution in [-0.4, -0.2) is 48.7 Å². The summed E-state index contributed by atoms with van der Waals surface area (Å²) in [6, 6.07) is 8.63. The predicted molar refractivity (Wildman–Crippen MR) is 147 cm³/mol. The minimum atomic E-state index is -0.487. The molecule has 8 nitrogen and oxygen atoms in total. The molecule has 0 saturated heterocycles. The highest BCUT2D eigenvalue weighted by atomic mass is 35.5. The summed E-state index contributed by atoms with van der Waals surface area (Å²) in [5.74, 6) is 0.842. The van der Waals surface area contributed by atoms with Gasteiger partial charge in [0.25, 0.3) is 5.91 Å². The highest BCUT2D eigenvalue weighted by molar-refractivity contribution is 6.49. The third kappa shape index (κ3) is 6.38. The van der Waals surface area contributed by atoms with Gasteiger partial charge in [0, 0.05) is 18.7 Å². The molecule has 0 aliphatic heterocycles. The molecule has 1 aliphatic carbocycles. The van der Waals surface area contributed by atoms with Gasteiger partial charge in [-0.2, -0.15) is 0 Å². The zero-order chi connectivity index (χ0) is 27.3. The van der Waals surface area contributed by atoms with E-state index in [4.69, 9.17) is 26.1 Å². The van der Waals surface area contributed by atoms with Gasteiger partial charge in [-0.15, -0.1) is 0 Å². The third-order valence-electron chi connectivity index (χ3n) is 5.85. The Balaban J connectivity index is 1.91. The van der Waals surface area contributed by atoms with Crippen LogP contribution < -0.4 is 19.7 Å². The first-order valence-electron chi connectivity index (χ1n) is 12.2. The highest BCUT2D eigenvalue weighted by Crippen LogP contribution is 2.30. The molecule has 3 rings (SSSR count). The Morgan fingerprint density at radius 3 is 2.43 bits per heavy atom. The number of aliphatic imine (C=N–C) groups is 1. The van der Waals surface area contributed by atoms with E-state index >= 15 is 0 Å². The molecule has 0 spiro atoms. The van der Waals surface area contributed by atoms with Crippen molar-refractivity contribution in [1.29, 1.82) is 0 Å². The fraction of sp³-hybridized carbons (Fsp3) is 0.357. The molecule has 0 radical (unpaired) electrons. The summed E-state index contributed by atoms with van der Waals surface area (Å²) in [7, 11) is 1.50. The number of methoxy groups -OCH3 is 1. The largest absolute Gasteiger partial charge is 0.493 e. The van der Waals surface area contributed by atoms with Crippen LogP contribution in [0.2, 0.25) is 0 Å². The molecule has 1 heterocycles. The van der Waals surface area contributed by atoms with Crippen LogP contribution in [0.1, 0.15) is 50.7 Å². The van der Waals surface area contributed by atoms with E-state index in [0.717, 1.165) is 24.6 Å². The molecule has 0 saturated carbocycles. The van der Waals surface area contributed by atoms with Gasteiger partial charge in [0.2, 0.25) is 5.78 Å². The number of allylic oxidation sites excluding steroid dienone is 3. The molecule has 0 bridgehead atoms. The first kappa shape index (κ1) is 27.9. The van der Waals surface area contributed by atoms with Gasteiger partial charge in [0.05, 0.1) is 41.0 Å². The molecule has 9 heteroatoms. The van der Waals surface area contributed by atoms with Crippen LogP contribution in [0.15, 0.2) is 57.7 Å². The van der Waals surface area contributed by atoms with E-state index in [-0.39, 0.29) is 16.8 Å². The summed E-state index contributed by atoms with van der Waals surface area (Å²) in [5, 5.41) is 2.67. The number of carbonyl (C=O) groups is 2. The maximum atomic E-state index is 13.0. The van der Waals surface area contributed by atoms with Crippen LogP contribution in [0, 0.1) is 6.92 Å². The van der Waals surface area contributed by atoms with Crippen molar-refractivity contribution in [3.05, 3.63) is 64.0 Å². The number of aryl methyl sites for hydroxylation is 1. The highest BCUT2D eigenvalue weighted by Gasteiger charge is 2.26. The minimum absolute atomic E-state index is 0.000172. The van der Waals surface area contributed by atoms with Crippen molar-refractivity contribution in [2.24, 2.45) is 4.99 Å². The van der Waals surface area contributed by atoms with E-state index < -0.39 is 11.7 Å². The summed E-state index contributed by atoms with van der Waals surface area (Å²) in [6.45, 7) is 13.3. The number of hydrogen-bond donors (Lipinski definition) is 1. The molecule has 1 aromatic heterocycles. The van der Waals surface area contributed by atoms with Crippen molar-refractivity contribution in [3.63, 3.8) is 0 Å². The lowest BCUT2D eigenvalue weighted by molar-refractivity contribution is -0.112. The lowest BCUT2D eigenvalue weighted by Crippen LogP contribution is -2.31. The smallest absolute Gasteiger partial charge is 0.255 e. The van der Waals surface area contributed by atoms with Crippen molar-refractivity contribution < 1.29 is 19.1 Å². The average Bonchev–Trinajstić information content (AvgIpc) is 2.87. The third-order valence-corrected chi connectivity index (χ3v) is 6.30. The van der Waals surface area contributed by atoms with Gasteiger partial charge in [0.1, 0.15) is 5.82 Å². The summed E-state index contributed by atoms with van der Waals surface area (Å²) >= 11 is 6.36. The monoisotopic (exact) mass is 524 g/mol. The Hall–Kier alpha value is -3.65. The second kappa shape index (κ2) is 12.1. The maximum Gasteiger partial charge on any atom is 0.255 e. The van der Waals surface area contributed by atoms with Crippen molar-refractivity contribution >= 4 is 40.5 Å². The summed E-state index contributed by atoms with van der Waals surface area (Å²) < 4.78 is 11.1. The van der Waals surface area contributed by atoms with Crippen LogP contribution >= 0.6 is 11.6 Å². The van der Waals surface area contributed by atoms with Crippen molar-refractivity contribution in [2.45, 2.75) is 47.6 Å². The zero-order valence-electron chi connectivity index (χ0n) is 22.3. The quantitative estimate of drug-likeness (QED) is 0.434. The van der Waals surface area contributed by atoms with Gasteiger partial charge in [-0.1, -0.05) is 11.6 Å². The fourth-order valence-corrected chi connectivity index (χ4v) is 3.99. The minimum Gasteiger partial charge on any atom is -0.493 e. The van der Waals surface area contributed by atoms with Crippen molar-refractivity contribution in [3.8, 4) is 11.5 Å². The number of amides is 1. The number of halogens is 1. The number of rotatable bonds is 9. The Kier molecular flexibility index (Phi) is 9.10. The van der Waals surface area contributed by atoms with Crippen LogP contribution in [0.3, 0.4) is 0 Å². The second-order valence-corrected chi connectivity index (χ2v) is 9.13. The van der Waals surface area contributed by atoms with Crippen LogP contribution in [0.5, 0.6) is 11.5 Å². The molecule has 0 unspecified atom stereocenters. The van der Waals surface area contributed by atoms with E-state index in [2.05, 4.69) is 29.0 Å². The molecule has 1 aromatic carbocycles. The molecule has 1 N–H and O–H groups in total. The summed E-state index contributed by atoms with van der Waals surface area (Å²) in [4.78, 5) is 37.4. The number of pyridine rings is 1. The molecular weight excluding hydrogens is 492 g/mol. The van der Waals surface area contributed by atoms with Crippen LogP contribution in [0.25, 0.3) is 0 Å². The first-order chi connectivity index (χ1) is 17.6. The van der Waals surface area contributed by atoms with Crippen LogP contribution in [0.4, 0.5) is 11.5 Å². The average molecular weight is 525 g/mol. The number of ketones is 1. The van der Waals surface area contributed by atoms with E-state index in [9.17, 15) is 9.59 Å². The summed E-state index contributed by atoms with van der Waals surface area (Å²) in [5.41, 5.74) is 2.72. The molecule has 37 heavy (non-hydrogen) atoms. The number of nitrogens with one attached hydrogen (secondary N) is 1. The number of anilines is 1. The SMILES string of the molecule is CCN(CC)c1ccc(/N=C2\C=C(NC(=O)c3ccc(OC(C)C)c(OC)c3)C(=O)C(Cl)=C2C)c(C)n1. The number of nitrogens with zero attached hydrogens (tertiary/aromatic N) is 3. The fourth-order valence-electron chi connectivity index (χ4n) is 3.79. The topological polar surface area (TPSA) is 93.1 Å². The van der Waals surface area contributed by atoms with E-state index in [0.29, 0.717) is 34.0 Å². The Bertz CT molecular complexity index is 1290. The second-order valence-electron chi connectivity index (χ2n) is 8.76. The van der Waals surface area contributed by atoms with E-state index in [1.807, 2.05) is 32.9 Å². The van der Waals surface area contributed by atoms with Gasteiger partial charge >= 0.3 is 0 Å². The van der Waals surface area contributed by atoms with E-state index in [1.54, 1.807) is 25.1 Å². The molecule has 1 aliphatic rings. The maximum absolute atomic E-state index is 13.0. The number of hydrogen-bond acceptors (Lipinski definition) is 7. The standard InChI is InChI=1S/C28H33ClN4O4/c1-8-33(9-2)25-13-11-20(18(6)30-25)31-21-15-22(27(34)26(29)17(21)5)32-28(35)19-10-12-23(37-16(3)4)24(14-19)36-7/h10-16H,8-9H2,1-7H3,(H,32,35)/b31-21+. The Morgan fingerprint density at radius 2 is 1.84 bits per heavy atom. The van der Waals surface area contributed by atoms with Gasteiger partial charge in [0.15, 0.2) is 11.5 Å². The Labute approximate surface area is 223 Å². The predicted octanol–water partition coefficient (Wildman–Crippen LogP) is 5.51. The lowest BCUT2D eigenvalue weighted by Gasteiger charge is -2.20. The number of carbonyl (C=O) groups excluding carboxylic acids is 2. The summed E-state index contributed by atoms with van der Waals surface area (Å²) in [6.07, 6.45) is 1.48. The molecule has 1 amide bonds. The van der Waals surface area contributed by atoms with Gasteiger partial charge in [-0.05, 0) is 83.5 Å². The van der Waals surface area contributed by atoms with Crippen molar-refractivity contribution in [1.82, 2.24) is 10.3 Å². The van der Waals surface area contributed by atoms with Crippen molar-refractivity contribution in [2.75, 3.05) is 25.1 Å². The van der Waals surface area contributed by atoms with E-state index in [1.165, 1.54) is 13.2 Å². The zero-order valence-corrected chi connectivity index (χ0v) is 23.1. The number of benzene rings is 1. The number of ether oxygens (including phenoxy) is 2. The number of Topliss-reactive ketones (excluding diaryl/α,β-unsaturated/α-hetero) is 1. The molecule has 0 atom stereocenters. The molecular formula is C28H33ClN4O4. The molecule has 0 fully saturated rings. The van der Waals surface area contributed by atoms with Gasteiger partial charge < -0.3 is 19.7 Å². The first-order valence-corrected chi connectivity index (χ1v) is 12.6. The van der Waals surface area contributed by atoms with Gasteiger partial charge in [-0.25, -0.2) is 9.98 Å². The lowest BCUT2D eigenvalue weighted by atomic mass is 10.0. The van der Waals surface area contributed by atoms with Crippen LogP contribution in [-0.2, 0) is 4.79 Å². The number of aromatic nitrogens is 1. The molecule has 196 valence electrons. The Morgan fingerprint density at radius 1 is 1.14 bits per heavy atom. The van der Waals surface area contributed by atoms with Gasteiger partial charge in [-0.3, -0.25) is 9.59 Å².